The van der Waals surface area contributed by atoms with Gasteiger partial charge in [0, 0.05) is 13.1 Å². The summed E-state index contributed by atoms with van der Waals surface area (Å²) in [7, 11) is 1.58. The number of rotatable bonds is 9. The van der Waals surface area contributed by atoms with E-state index >= 15 is 0 Å². The third-order valence-electron chi connectivity index (χ3n) is 2.93. The zero-order valence-electron chi connectivity index (χ0n) is 11.9. The predicted octanol–water partition coefficient (Wildman–Crippen LogP) is 0.437. The SMILES string of the molecule is CCC(C(=O)O)N(C)CC(=O)N(CCC#N)CCC#N. The summed E-state index contributed by atoms with van der Waals surface area (Å²) in [5.41, 5.74) is 0. The van der Waals surface area contributed by atoms with E-state index in [0.29, 0.717) is 6.42 Å². The highest BCUT2D eigenvalue weighted by molar-refractivity contribution is 5.80. The first-order valence-corrected chi connectivity index (χ1v) is 6.42. The van der Waals surface area contributed by atoms with Gasteiger partial charge in [-0.15, -0.1) is 0 Å². The maximum Gasteiger partial charge on any atom is 0.320 e. The first kappa shape index (κ1) is 17.9. The number of hydrogen-bond donors (Lipinski definition) is 1. The van der Waals surface area contributed by atoms with Gasteiger partial charge in [0.05, 0.1) is 31.5 Å². The summed E-state index contributed by atoms with van der Waals surface area (Å²) in [4.78, 5) is 26.0. The molecule has 0 heterocycles. The van der Waals surface area contributed by atoms with Gasteiger partial charge in [-0.25, -0.2) is 0 Å². The molecule has 0 bridgehead atoms. The van der Waals surface area contributed by atoms with Crippen LogP contribution < -0.4 is 0 Å². The molecule has 0 radical (unpaired) electrons. The lowest BCUT2D eigenvalue weighted by Crippen LogP contribution is -2.45. The van der Waals surface area contributed by atoms with Crippen LogP contribution in [0.25, 0.3) is 0 Å². The third-order valence-corrected chi connectivity index (χ3v) is 2.93. The normalized spacial score (nSPS) is 11.4. The Bertz CT molecular complexity index is 393. The lowest BCUT2D eigenvalue weighted by molar-refractivity contribution is -0.144. The van der Waals surface area contributed by atoms with Gasteiger partial charge >= 0.3 is 5.97 Å². The summed E-state index contributed by atoms with van der Waals surface area (Å²) in [6, 6.07) is 3.19. The lowest BCUT2D eigenvalue weighted by atomic mass is 10.2. The van der Waals surface area contributed by atoms with Crippen LogP contribution in [-0.4, -0.2) is 59.5 Å². The second kappa shape index (κ2) is 9.76. The van der Waals surface area contributed by atoms with Crippen molar-refractivity contribution in [3.8, 4) is 12.1 Å². The molecule has 1 N–H and O–H groups in total. The molecule has 1 atom stereocenters. The predicted molar refractivity (Wildman–Crippen MR) is 71.4 cm³/mol. The van der Waals surface area contributed by atoms with E-state index in [9.17, 15) is 9.59 Å². The summed E-state index contributed by atoms with van der Waals surface area (Å²) < 4.78 is 0. The highest BCUT2D eigenvalue weighted by Crippen LogP contribution is 2.04. The van der Waals surface area contributed by atoms with E-state index in [0.717, 1.165) is 0 Å². The van der Waals surface area contributed by atoms with Crippen molar-refractivity contribution in [3.63, 3.8) is 0 Å². The van der Waals surface area contributed by atoms with Gasteiger partial charge in [0.25, 0.3) is 0 Å². The Morgan fingerprint density at radius 3 is 2.05 bits per heavy atom. The standard InChI is InChI=1S/C13H20N4O3/c1-3-11(13(19)20)16(2)10-12(18)17(8-4-6-14)9-5-7-15/h11H,3-5,8-10H2,1-2H3,(H,19,20). The molecule has 0 aliphatic heterocycles. The molecule has 7 nitrogen and oxygen atoms in total. The quantitative estimate of drug-likeness (QED) is 0.656. The van der Waals surface area contributed by atoms with Crippen LogP contribution in [0.5, 0.6) is 0 Å². The fourth-order valence-electron chi connectivity index (χ4n) is 1.83. The van der Waals surface area contributed by atoms with Crippen LogP contribution in [0.4, 0.5) is 0 Å². The molecule has 0 rings (SSSR count). The molecule has 0 fully saturated rings. The first-order chi connectivity index (χ1) is 9.47. The molecule has 110 valence electrons. The molecule has 0 aromatic heterocycles. The van der Waals surface area contributed by atoms with Gasteiger partial charge < -0.3 is 10.0 Å². The van der Waals surface area contributed by atoms with Crippen molar-refractivity contribution >= 4 is 11.9 Å². The Hall–Kier alpha value is -2.12. The van der Waals surface area contributed by atoms with Crippen LogP contribution >= 0.6 is 0 Å². The van der Waals surface area contributed by atoms with E-state index in [1.54, 1.807) is 14.0 Å². The van der Waals surface area contributed by atoms with Crippen LogP contribution in [0, 0.1) is 22.7 Å². The number of carboxylic acid groups (broad SMARTS) is 1. The van der Waals surface area contributed by atoms with E-state index in [1.165, 1.54) is 9.80 Å². The molecular formula is C13H20N4O3. The molecule has 20 heavy (non-hydrogen) atoms. The molecule has 7 heteroatoms. The van der Waals surface area contributed by atoms with Crippen molar-refractivity contribution in [3.05, 3.63) is 0 Å². The molecule has 0 aromatic rings. The molecule has 1 unspecified atom stereocenters. The van der Waals surface area contributed by atoms with Crippen LogP contribution in [-0.2, 0) is 9.59 Å². The number of likely N-dealkylation sites (N-methyl/N-ethyl adjacent to an activating group) is 1. The van der Waals surface area contributed by atoms with Crippen molar-refractivity contribution in [2.24, 2.45) is 0 Å². The minimum absolute atomic E-state index is 0.0400. The molecule has 0 aliphatic carbocycles. The number of nitriles is 2. The van der Waals surface area contributed by atoms with Crippen LogP contribution in [0.2, 0.25) is 0 Å². The lowest BCUT2D eigenvalue weighted by Gasteiger charge is -2.27. The van der Waals surface area contributed by atoms with E-state index in [1.807, 2.05) is 12.1 Å². The maximum absolute atomic E-state index is 12.1. The summed E-state index contributed by atoms with van der Waals surface area (Å²) in [6.07, 6.45) is 0.781. The molecular weight excluding hydrogens is 260 g/mol. The Kier molecular flexibility index (Phi) is 8.73. The van der Waals surface area contributed by atoms with Crippen molar-refractivity contribution in [1.82, 2.24) is 9.80 Å². The largest absolute Gasteiger partial charge is 0.480 e. The van der Waals surface area contributed by atoms with Crippen LogP contribution in [0.15, 0.2) is 0 Å². The van der Waals surface area contributed by atoms with Gasteiger partial charge in [-0.1, -0.05) is 6.92 Å². The Labute approximate surface area is 119 Å². The minimum Gasteiger partial charge on any atom is -0.480 e. The van der Waals surface area contributed by atoms with Crippen LogP contribution in [0.1, 0.15) is 26.2 Å². The van der Waals surface area contributed by atoms with E-state index < -0.39 is 12.0 Å². The zero-order chi connectivity index (χ0) is 15.5. The second-order valence-corrected chi connectivity index (χ2v) is 4.37. The van der Waals surface area contributed by atoms with Gasteiger partial charge in [0.2, 0.25) is 5.91 Å². The van der Waals surface area contributed by atoms with E-state index in [2.05, 4.69) is 0 Å². The molecule has 0 saturated carbocycles. The number of amides is 1. The van der Waals surface area contributed by atoms with Gasteiger partial charge in [-0.05, 0) is 13.5 Å². The number of carbonyl (C=O) groups excluding carboxylic acids is 1. The molecule has 1 amide bonds. The maximum atomic E-state index is 12.1. The first-order valence-electron chi connectivity index (χ1n) is 6.42. The highest BCUT2D eigenvalue weighted by atomic mass is 16.4. The Balaban J connectivity index is 4.61. The molecule has 0 aromatic carbocycles. The van der Waals surface area contributed by atoms with E-state index in [-0.39, 0.29) is 38.4 Å². The number of hydrogen-bond acceptors (Lipinski definition) is 5. The average Bonchev–Trinajstić information content (AvgIpc) is 2.38. The Morgan fingerprint density at radius 2 is 1.70 bits per heavy atom. The fourth-order valence-corrected chi connectivity index (χ4v) is 1.83. The number of carboxylic acids is 1. The van der Waals surface area contributed by atoms with E-state index in [4.69, 9.17) is 15.6 Å². The monoisotopic (exact) mass is 280 g/mol. The van der Waals surface area contributed by atoms with Crippen molar-refractivity contribution in [2.45, 2.75) is 32.2 Å². The number of nitrogens with zero attached hydrogens (tertiary/aromatic N) is 4. The third kappa shape index (κ3) is 6.17. The smallest absolute Gasteiger partial charge is 0.320 e. The average molecular weight is 280 g/mol. The van der Waals surface area contributed by atoms with Gasteiger partial charge in [-0.2, -0.15) is 10.5 Å². The van der Waals surface area contributed by atoms with Crippen molar-refractivity contribution in [1.29, 1.82) is 10.5 Å². The highest BCUT2D eigenvalue weighted by Gasteiger charge is 2.24. The number of carbonyl (C=O) groups is 2. The van der Waals surface area contributed by atoms with Gasteiger partial charge in [0.1, 0.15) is 6.04 Å². The van der Waals surface area contributed by atoms with Crippen molar-refractivity contribution < 1.29 is 14.7 Å². The fraction of sp³-hybridized carbons (Fsp3) is 0.692. The molecule has 0 saturated heterocycles. The summed E-state index contributed by atoms with van der Waals surface area (Å²) in [6.45, 7) is 2.22. The summed E-state index contributed by atoms with van der Waals surface area (Å²) in [5, 5.41) is 26.1. The minimum atomic E-state index is -0.969. The van der Waals surface area contributed by atoms with Crippen LogP contribution in [0.3, 0.4) is 0 Å². The number of aliphatic carboxylic acids is 1. The molecule has 0 aliphatic rings. The summed E-state index contributed by atoms with van der Waals surface area (Å²) in [5.74, 6) is -1.24. The molecule has 0 spiro atoms. The Morgan fingerprint density at radius 1 is 1.20 bits per heavy atom. The van der Waals surface area contributed by atoms with Gasteiger partial charge in [0.15, 0.2) is 0 Å². The van der Waals surface area contributed by atoms with Crippen molar-refractivity contribution in [2.75, 3.05) is 26.7 Å². The zero-order valence-corrected chi connectivity index (χ0v) is 11.9. The van der Waals surface area contributed by atoms with Gasteiger partial charge in [-0.3, -0.25) is 14.5 Å². The second-order valence-electron chi connectivity index (χ2n) is 4.37. The topological polar surface area (TPSA) is 108 Å². The summed E-state index contributed by atoms with van der Waals surface area (Å²) >= 11 is 0.